The zero-order chi connectivity index (χ0) is 19.5. The Hall–Kier alpha value is -1.97. The average Bonchev–Trinajstić information content (AvgIpc) is 3.25. The minimum absolute atomic E-state index is 0.0798. The molecule has 3 N–H and O–H groups in total. The van der Waals surface area contributed by atoms with Gasteiger partial charge in [0.25, 0.3) is 5.91 Å². The molecule has 3 heterocycles. The predicted molar refractivity (Wildman–Crippen MR) is 113 cm³/mol. The summed E-state index contributed by atoms with van der Waals surface area (Å²) in [5.74, 6) is -0.521. The number of aromatic nitrogens is 1. The maximum atomic E-state index is 12.7. The fourth-order valence-electron chi connectivity index (χ4n) is 3.98. The monoisotopic (exact) mass is 419 g/mol. The summed E-state index contributed by atoms with van der Waals surface area (Å²) in [4.78, 5) is 34.7. The van der Waals surface area contributed by atoms with Crippen molar-refractivity contribution < 1.29 is 9.59 Å². The van der Waals surface area contributed by atoms with Crippen LogP contribution in [0.4, 0.5) is 10.1 Å². The summed E-state index contributed by atoms with van der Waals surface area (Å²) in [7, 11) is 0. The number of rotatable bonds is 5. The molecule has 1 fully saturated rings. The first kappa shape index (κ1) is 19.4. The lowest BCUT2D eigenvalue weighted by Gasteiger charge is -2.21. The minimum atomic E-state index is -0.441. The van der Waals surface area contributed by atoms with Gasteiger partial charge in [0.2, 0.25) is 5.91 Å². The molecule has 2 aliphatic rings. The van der Waals surface area contributed by atoms with Crippen LogP contribution in [0.5, 0.6) is 0 Å². The highest BCUT2D eigenvalue weighted by Crippen LogP contribution is 2.37. The molecular weight excluding hydrogens is 394 g/mol. The van der Waals surface area contributed by atoms with Crippen LogP contribution in [0.15, 0.2) is 11.6 Å². The van der Waals surface area contributed by atoms with Crippen molar-refractivity contribution in [2.24, 2.45) is 5.73 Å². The Morgan fingerprint density at radius 3 is 2.79 bits per heavy atom. The number of hydrogen-bond donors (Lipinski definition) is 2. The molecule has 4 rings (SSSR count). The number of carbonyl (C=O) groups is 2. The number of thiazole rings is 1. The molecule has 1 saturated heterocycles. The van der Waals surface area contributed by atoms with Crippen molar-refractivity contribution >= 4 is 44.6 Å². The van der Waals surface area contributed by atoms with Gasteiger partial charge >= 0.3 is 0 Å². The van der Waals surface area contributed by atoms with Gasteiger partial charge in [-0.05, 0) is 37.7 Å². The maximum absolute atomic E-state index is 12.7. The lowest BCUT2D eigenvalue weighted by Crippen LogP contribution is -2.36. The van der Waals surface area contributed by atoms with Crippen molar-refractivity contribution in [3.05, 3.63) is 27.6 Å². The second kappa shape index (κ2) is 8.59. The molecule has 0 spiro atoms. The summed E-state index contributed by atoms with van der Waals surface area (Å²) in [6, 6.07) is 0. The van der Waals surface area contributed by atoms with Crippen molar-refractivity contribution in [2.45, 2.75) is 32.1 Å². The van der Waals surface area contributed by atoms with E-state index in [1.807, 2.05) is 11.6 Å². The van der Waals surface area contributed by atoms with E-state index in [9.17, 15) is 9.59 Å². The van der Waals surface area contributed by atoms with Crippen LogP contribution in [-0.2, 0) is 17.6 Å². The number of thiophene rings is 1. The first-order chi connectivity index (χ1) is 13.6. The van der Waals surface area contributed by atoms with E-state index in [-0.39, 0.29) is 5.91 Å². The topological polar surface area (TPSA) is 91.6 Å². The van der Waals surface area contributed by atoms with Crippen molar-refractivity contribution in [1.29, 1.82) is 0 Å². The molecule has 2 aromatic rings. The van der Waals surface area contributed by atoms with Crippen LogP contribution >= 0.6 is 22.7 Å². The van der Waals surface area contributed by atoms with E-state index >= 15 is 0 Å². The highest BCUT2D eigenvalue weighted by Gasteiger charge is 2.25. The van der Waals surface area contributed by atoms with Crippen LogP contribution in [0.3, 0.4) is 0 Å². The molecule has 2 aromatic heterocycles. The van der Waals surface area contributed by atoms with E-state index in [1.54, 1.807) is 11.3 Å². The van der Waals surface area contributed by atoms with E-state index < -0.39 is 5.91 Å². The van der Waals surface area contributed by atoms with Gasteiger partial charge in [-0.2, -0.15) is 0 Å². The Labute approximate surface area is 172 Å². The molecule has 7 nitrogen and oxygen atoms in total. The van der Waals surface area contributed by atoms with E-state index in [2.05, 4.69) is 20.1 Å². The molecule has 28 heavy (non-hydrogen) atoms. The second-order valence-corrected chi connectivity index (χ2v) is 9.24. The molecule has 0 unspecified atom stereocenters. The Kier molecular flexibility index (Phi) is 5.93. The quantitative estimate of drug-likeness (QED) is 0.776. The Balaban J connectivity index is 1.38. The number of nitrogens with zero attached hydrogens (tertiary/aromatic N) is 3. The van der Waals surface area contributed by atoms with Crippen LogP contribution in [0.25, 0.3) is 0 Å². The number of aryl methyl sites for hydroxylation is 1. The van der Waals surface area contributed by atoms with Crippen LogP contribution in [-0.4, -0.2) is 54.4 Å². The summed E-state index contributed by atoms with van der Waals surface area (Å²) in [6.07, 6.45) is 6.86. The van der Waals surface area contributed by atoms with E-state index in [1.165, 1.54) is 16.2 Å². The summed E-state index contributed by atoms with van der Waals surface area (Å²) in [5.41, 5.74) is 7.20. The van der Waals surface area contributed by atoms with Crippen molar-refractivity contribution in [3.8, 4) is 0 Å². The molecule has 0 bridgehead atoms. The van der Waals surface area contributed by atoms with Gasteiger partial charge in [-0.3, -0.25) is 14.5 Å². The summed E-state index contributed by atoms with van der Waals surface area (Å²) in [5, 5.41) is 6.63. The van der Waals surface area contributed by atoms with Crippen molar-refractivity contribution in [3.63, 3.8) is 0 Å². The van der Waals surface area contributed by atoms with Crippen LogP contribution < -0.4 is 16.0 Å². The van der Waals surface area contributed by atoms with Gasteiger partial charge in [0.1, 0.15) is 5.00 Å². The van der Waals surface area contributed by atoms with E-state index in [0.717, 1.165) is 69.0 Å². The number of fused-ring (bicyclic) bond motifs is 1. The molecule has 9 heteroatoms. The number of carbonyl (C=O) groups excluding carboxylic acids is 2. The van der Waals surface area contributed by atoms with E-state index in [0.29, 0.717) is 17.1 Å². The number of amides is 2. The molecule has 2 amide bonds. The fourth-order valence-corrected chi connectivity index (χ4v) is 5.98. The third kappa shape index (κ3) is 4.21. The molecule has 0 radical (unpaired) electrons. The predicted octanol–water partition coefficient (Wildman–Crippen LogP) is 2.33. The first-order valence-electron chi connectivity index (χ1n) is 9.73. The summed E-state index contributed by atoms with van der Waals surface area (Å²) < 4.78 is 0. The summed E-state index contributed by atoms with van der Waals surface area (Å²) in [6.45, 7) is 3.83. The Morgan fingerprint density at radius 2 is 2.00 bits per heavy atom. The number of nitrogens with one attached hydrogen (secondary N) is 1. The van der Waals surface area contributed by atoms with Crippen molar-refractivity contribution in [2.75, 3.05) is 42.9 Å². The molecule has 0 atom stereocenters. The van der Waals surface area contributed by atoms with Gasteiger partial charge < -0.3 is 16.0 Å². The third-order valence-corrected chi connectivity index (χ3v) is 7.36. The van der Waals surface area contributed by atoms with Gasteiger partial charge in [0.15, 0.2) is 5.13 Å². The first-order valence-corrected chi connectivity index (χ1v) is 11.4. The van der Waals surface area contributed by atoms with Gasteiger partial charge in [0, 0.05) is 42.6 Å². The van der Waals surface area contributed by atoms with Crippen LogP contribution in [0, 0.1) is 0 Å². The van der Waals surface area contributed by atoms with Gasteiger partial charge in [-0.15, -0.1) is 22.7 Å². The molecule has 1 aliphatic heterocycles. The zero-order valence-corrected chi connectivity index (χ0v) is 17.4. The molecular formula is C19H25N5O2S2. The third-order valence-electron chi connectivity index (χ3n) is 5.32. The van der Waals surface area contributed by atoms with E-state index in [4.69, 9.17) is 5.73 Å². The Morgan fingerprint density at radius 1 is 1.14 bits per heavy atom. The van der Waals surface area contributed by atoms with Crippen molar-refractivity contribution in [1.82, 2.24) is 9.88 Å². The van der Waals surface area contributed by atoms with Gasteiger partial charge in [0.05, 0.1) is 12.1 Å². The zero-order valence-electron chi connectivity index (χ0n) is 15.8. The molecule has 1 aliphatic carbocycles. The standard InChI is InChI=1S/C19H25N5O2S2/c20-17(26)16-13-4-1-2-5-14(13)28-18(16)22-15(25)12-23-7-3-8-24(10-9-23)19-21-6-11-27-19/h6,11H,1-5,7-10,12H2,(H2,20,26)(H,22,25). The lowest BCUT2D eigenvalue weighted by atomic mass is 9.95. The van der Waals surface area contributed by atoms with Crippen LogP contribution in [0.1, 0.15) is 40.1 Å². The SMILES string of the molecule is NC(=O)c1c(NC(=O)CN2CCCN(c3nccs3)CC2)sc2c1CCCC2. The highest BCUT2D eigenvalue weighted by molar-refractivity contribution is 7.17. The van der Waals surface area contributed by atoms with Gasteiger partial charge in [-0.1, -0.05) is 0 Å². The molecule has 0 aromatic carbocycles. The molecule has 0 saturated carbocycles. The Bertz CT molecular complexity index is 849. The smallest absolute Gasteiger partial charge is 0.251 e. The number of hydrogen-bond acceptors (Lipinski definition) is 7. The average molecular weight is 420 g/mol. The second-order valence-electron chi connectivity index (χ2n) is 7.26. The maximum Gasteiger partial charge on any atom is 0.251 e. The fraction of sp³-hybridized carbons (Fsp3) is 0.526. The number of primary amides is 1. The van der Waals surface area contributed by atoms with Crippen LogP contribution in [0.2, 0.25) is 0 Å². The number of anilines is 2. The molecule has 150 valence electrons. The number of nitrogens with two attached hydrogens (primary N) is 1. The normalized spacial score (nSPS) is 17.8. The highest BCUT2D eigenvalue weighted by atomic mass is 32.1. The minimum Gasteiger partial charge on any atom is -0.365 e. The summed E-state index contributed by atoms with van der Waals surface area (Å²) >= 11 is 3.16. The van der Waals surface area contributed by atoms with Gasteiger partial charge in [-0.25, -0.2) is 4.98 Å². The largest absolute Gasteiger partial charge is 0.365 e. The lowest BCUT2D eigenvalue weighted by molar-refractivity contribution is -0.117.